The fraction of sp³-hybridized carbons (Fsp3) is 0.250. The third-order valence-corrected chi connectivity index (χ3v) is 6.43. The Kier molecular flexibility index (Phi) is 5.12. The van der Waals surface area contributed by atoms with Crippen molar-refractivity contribution in [1.82, 2.24) is 15.1 Å². The lowest BCUT2D eigenvalue weighted by molar-refractivity contribution is -0.118. The molecule has 3 aromatic rings. The summed E-state index contributed by atoms with van der Waals surface area (Å²) in [5.41, 5.74) is 0.881. The number of nitrogens with zero attached hydrogens (tertiary/aromatic N) is 3. The Morgan fingerprint density at radius 2 is 2.03 bits per heavy atom. The summed E-state index contributed by atoms with van der Waals surface area (Å²) in [4.78, 5) is 25.7. The van der Waals surface area contributed by atoms with Gasteiger partial charge in [0, 0.05) is 6.07 Å². The molecule has 34 heavy (non-hydrogen) atoms. The average molecular weight is 465 g/mol. The summed E-state index contributed by atoms with van der Waals surface area (Å²) in [5.74, 6) is -4.92. The van der Waals surface area contributed by atoms with E-state index < -0.39 is 46.9 Å². The van der Waals surface area contributed by atoms with Gasteiger partial charge in [-0.15, -0.1) is 0 Å². The number of halogens is 3. The molecule has 2 heterocycles. The highest BCUT2D eigenvalue weighted by Gasteiger charge is 2.57. The van der Waals surface area contributed by atoms with E-state index in [0.29, 0.717) is 22.8 Å². The molecule has 1 saturated carbocycles. The van der Waals surface area contributed by atoms with Crippen molar-refractivity contribution in [2.45, 2.75) is 25.4 Å². The van der Waals surface area contributed by atoms with Crippen LogP contribution in [0.15, 0.2) is 42.6 Å². The first-order valence-electron chi connectivity index (χ1n) is 10.6. The lowest BCUT2D eigenvalue weighted by atomic mass is 10.0. The summed E-state index contributed by atoms with van der Waals surface area (Å²) in [6.07, 6.45) is 1.05. The van der Waals surface area contributed by atoms with Crippen molar-refractivity contribution in [2.24, 2.45) is 11.8 Å². The number of hydrogen-bond donors (Lipinski definition) is 2. The molecular formula is C24H18F3N5O2. The number of fused-ring (bicyclic) bond motifs is 3. The van der Waals surface area contributed by atoms with Gasteiger partial charge in [0.1, 0.15) is 17.7 Å². The van der Waals surface area contributed by atoms with Gasteiger partial charge in [-0.2, -0.15) is 10.4 Å². The lowest BCUT2D eigenvalue weighted by Crippen LogP contribution is -2.45. The van der Waals surface area contributed by atoms with E-state index in [4.69, 9.17) is 5.26 Å². The Labute approximate surface area is 192 Å². The minimum Gasteiger partial charge on any atom is -0.338 e. The topological polar surface area (TPSA) is 99.8 Å². The maximum absolute atomic E-state index is 14.5. The fourth-order valence-electron chi connectivity index (χ4n) is 4.79. The van der Waals surface area contributed by atoms with Gasteiger partial charge in [-0.1, -0.05) is 19.1 Å². The number of carbonyl (C=O) groups is 2. The van der Waals surface area contributed by atoms with Gasteiger partial charge in [-0.25, -0.2) is 13.2 Å². The van der Waals surface area contributed by atoms with Gasteiger partial charge in [0.05, 0.1) is 30.1 Å². The first kappa shape index (κ1) is 21.7. The number of hydrogen-bond acceptors (Lipinski definition) is 4. The number of carbonyl (C=O) groups excluding carboxylic acids is 2. The highest BCUT2D eigenvalue weighted by atomic mass is 19.1. The second-order valence-corrected chi connectivity index (χ2v) is 8.59. The van der Waals surface area contributed by atoms with E-state index >= 15 is 0 Å². The maximum Gasteiger partial charge on any atom is 0.275 e. The van der Waals surface area contributed by atoms with Crippen molar-refractivity contribution < 1.29 is 22.8 Å². The van der Waals surface area contributed by atoms with E-state index in [-0.39, 0.29) is 24.1 Å². The van der Waals surface area contributed by atoms with Gasteiger partial charge in [0.25, 0.3) is 5.91 Å². The average Bonchev–Trinajstić information content (AvgIpc) is 3.34. The SMILES string of the molecule is CC1C2c3cc(F)cc(F)c3NC(=O)[C@@H](NC(=O)c3nn(Cc4cccc(C#N)c4)cc3F)C12. The molecule has 2 aromatic carbocycles. The van der Waals surface area contributed by atoms with Crippen LogP contribution >= 0.6 is 0 Å². The number of aromatic nitrogens is 2. The summed E-state index contributed by atoms with van der Waals surface area (Å²) in [6, 6.07) is 9.51. The van der Waals surface area contributed by atoms with E-state index in [0.717, 1.165) is 6.20 Å². The van der Waals surface area contributed by atoms with Crippen LogP contribution < -0.4 is 10.6 Å². The van der Waals surface area contributed by atoms with Crippen molar-refractivity contribution in [2.75, 3.05) is 5.32 Å². The molecule has 2 amide bonds. The Morgan fingerprint density at radius 3 is 2.79 bits per heavy atom. The highest BCUT2D eigenvalue weighted by molar-refractivity contribution is 6.02. The van der Waals surface area contributed by atoms with Crippen LogP contribution in [-0.2, 0) is 11.3 Å². The maximum atomic E-state index is 14.5. The minimum absolute atomic E-state index is 0.0995. The first-order chi connectivity index (χ1) is 16.3. The summed E-state index contributed by atoms with van der Waals surface area (Å²) in [6.45, 7) is 1.95. The zero-order valence-electron chi connectivity index (χ0n) is 17.8. The Balaban J connectivity index is 1.36. The van der Waals surface area contributed by atoms with Gasteiger partial charge in [-0.3, -0.25) is 14.3 Å². The molecule has 7 nitrogen and oxygen atoms in total. The second-order valence-electron chi connectivity index (χ2n) is 8.59. The summed E-state index contributed by atoms with van der Waals surface area (Å²) < 4.78 is 43.9. The van der Waals surface area contributed by atoms with Crippen LogP contribution in [0.25, 0.3) is 0 Å². The molecule has 1 aliphatic carbocycles. The summed E-state index contributed by atoms with van der Waals surface area (Å²) in [5, 5.41) is 18.0. The molecule has 2 N–H and O–H groups in total. The van der Waals surface area contributed by atoms with Crippen molar-refractivity contribution in [3.63, 3.8) is 0 Å². The predicted octanol–water partition coefficient (Wildman–Crippen LogP) is 3.32. The van der Waals surface area contributed by atoms with Gasteiger partial charge in [0.2, 0.25) is 5.91 Å². The van der Waals surface area contributed by atoms with Gasteiger partial charge >= 0.3 is 0 Å². The molecule has 0 bridgehead atoms. The van der Waals surface area contributed by atoms with Crippen molar-refractivity contribution >= 4 is 17.5 Å². The number of benzene rings is 2. The van der Waals surface area contributed by atoms with E-state index in [1.807, 2.05) is 13.0 Å². The second kappa shape index (κ2) is 8.02. The van der Waals surface area contributed by atoms with Crippen molar-refractivity contribution in [1.29, 1.82) is 5.26 Å². The number of nitriles is 1. The number of nitrogens with one attached hydrogen (secondary N) is 2. The van der Waals surface area contributed by atoms with Crippen LogP contribution in [0.3, 0.4) is 0 Å². The Morgan fingerprint density at radius 1 is 1.24 bits per heavy atom. The molecule has 4 atom stereocenters. The van der Waals surface area contributed by atoms with Crippen molar-refractivity contribution in [3.05, 3.63) is 82.4 Å². The smallest absolute Gasteiger partial charge is 0.275 e. The molecule has 2 aliphatic rings. The largest absolute Gasteiger partial charge is 0.338 e. The highest BCUT2D eigenvalue weighted by Crippen LogP contribution is 2.59. The van der Waals surface area contributed by atoms with E-state index in [2.05, 4.69) is 15.7 Å². The molecule has 1 aromatic heterocycles. The molecule has 1 fully saturated rings. The molecule has 5 rings (SSSR count). The molecule has 0 radical (unpaired) electrons. The molecular weight excluding hydrogens is 447 g/mol. The van der Waals surface area contributed by atoms with Crippen LogP contribution in [0.1, 0.15) is 40.0 Å². The zero-order chi connectivity index (χ0) is 24.1. The molecule has 172 valence electrons. The first-order valence-corrected chi connectivity index (χ1v) is 10.6. The Bertz CT molecular complexity index is 1380. The number of amides is 2. The van der Waals surface area contributed by atoms with Gasteiger partial charge in [-0.05, 0) is 47.1 Å². The molecule has 0 spiro atoms. The zero-order valence-corrected chi connectivity index (χ0v) is 17.8. The number of rotatable bonds is 4. The molecule has 3 unspecified atom stereocenters. The van der Waals surface area contributed by atoms with Crippen LogP contribution in [0.2, 0.25) is 0 Å². The molecule has 10 heteroatoms. The summed E-state index contributed by atoms with van der Waals surface area (Å²) in [7, 11) is 0. The van der Waals surface area contributed by atoms with E-state index in [1.54, 1.807) is 24.3 Å². The van der Waals surface area contributed by atoms with Crippen LogP contribution in [-0.4, -0.2) is 27.6 Å². The third-order valence-electron chi connectivity index (χ3n) is 6.43. The minimum atomic E-state index is -1.07. The number of anilines is 1. The summed E-state index contributed by atoms with van der Waals surface area (Å²) >= 11 is 0. The fourth-order valence-corrected chi connectivity index (χ4v) is 4.79. The lowest BCUT2D eigenvalue weighted by Gasteiger charge is -2.17. The van der Waals surface area contributed by atoms with Crippen LogP contribution in [0, 0.1) is 40.6 Å². The molecule has 1 aliphatic heterocycles. The predicted molar refractivity (Wildman–Crippen MR) is 114 cm³/mol. The monoisotopic (exact) mass is 465 g/mol. The van der Waals surface area contributed by atoms with E-state index in [1.165, 1.54) is 10.7 Å². The van der Waals surface area contributed by atoms with Gasteiger partial charge < -0.3 is 10.6 Å². The molecule has 0 saturated heterocycles. The third kappa shape index (κ3) is 3.69. The Hall–Kier alpha value is -4.13. The normalized spacial score (nSPS) is 22.6. The van der Waals surface area contributed by atoms with Gasteiger partial charge in [0.15, 0.2) is 11.5 Å². The standard InChI is InChI=1S/C24H18F3N5O2/c1-11-18-15-6-14(25)7-16(26)20(15)29-24(34)22(19(11)18)30-23(33)21-17(27)10-32(31-21)9-13-4-2-3-12(5-13)8-28/h2-7,10-11,18-19,22H,9H2,1H3,(H,29,34)(H,30,33)/t11?,18?,19?,22-/m0/s1. The van der Waals surface area contributed by atoms with Crippen LogP contribution in [0.4, 0.5) is 18.9 Å². The van der Waals surface area contributed by atoms with E-state index in [9.17, 15) is 22.8 Å². The van der Waals surface area contributed by atoms with Crippen molar-refractivity contribution in [3.8, 4) is 6.07 Å². The van der Waals surface area contributed by atoms with Crippen LogP contribution in [0.5, 0.6) is 0 Å². The quantitative estimate of drug-likeness (QED) is 0.618.